The summed E-state index contributed by atoms with van der Waals surface area (Å²) in [6.45, 7) is 2.14. The highest BCUT2D eigenvalue weighted by atomic mass is 16.1. The molecule has 0 unspecified atom stereocenters. The topological polar surface area (TPSA) is 42.0 Å². The van der Waals surface area contributed by atoms with Crippen LogP contribution < -0.4 is 5.32 Å². The third kappa shape index (κ3) is 3.73. The number of amides is 1. The van der Waals surface area contributed by atoms with Gasteiger partial charge in [-0.2, -0.15) is 0 Å². The number of benzene rings is 1. The van der Waals surface area contributed by atoms with E-state index < -0.39 is 0 Å². The second-order valence-corrected chi connectivity index (χ2v) is 6.29. The molecular weight excluding hydrogens is 272 g/mol. The second kappa shape index (κ2) is 6.30. The fourth-order valence-corrected chi connectivity index (χ4v) is 2.84. The van der Waals surface area contributed by atoms with Crippen LogP contribution in [0.2, 0.25) is 0 Å². The summed E-state index contributed by atoms with van der Waals surface area (Å²) < 4.78 is 0. The predicted molar refractivity (Wildman–Crippen MR) is 87.5 cm³/mol. The highest BCUT2D eigenvalue weighted by Crippen LogP contribution is 2.39. The minimum atomic E-state index is 0.00143. The lowest BCUT2D eigenvalue weighted by atomic mass is 9.99. The molecule has 1 aliphatic rings. The Morgan fingerprint density at radius 2 is 1.91 bits per heavy atom. The zero-order chi connectivity index (χ0) is 15.4. The Morgan fingerprint density at radius 1 is 1.18 bits per heavy atom. The van der Waals surface area contributed by atoms with Crippen LogP contribution in [0, 0.1) is 6.92 Å². The summed E-state index contributed by atoms with van der Waals surface area (Å²) in [6, 6.07) is 12.4. The van der Waals surface area contributed by atoms with Crippen LogP contribution in [-0.2, 0) is 17.6 Å². The van der Waals surface area contributed by atoms with E-state index in [1.807, 2.05) is 12.1 Å². The molecule has 0 aliphatic heterocycles. The van der Waals surface area contributed by atoms with Crippen molar-refractivity contribution < 1.29 is 4.79 Å². The zero-order valence-corrected chi connectivity index (χ0v) is 13.0. The van der Waals surface area contributed by atoms with Crippen molar-refractivity contribution in [1.82, 2.24) is 10.3 Å². The van der Waals surface area contributed by atoms with Crippen molar-refractivity contribution in [1.29, 1.82) is 0 Å². The van der Waals surface area contributed by atoms with Crippen LogP contribution in [-0.4, -0.2) is 16.4 Å². The van der Waals surface area contributed by atoms with Gasteiger partial charge in [-0.05, 0) is 61.4 Å². The van der Waals surface area contributed by atoms with Crippen LogP contribution >= 0.6 is 0 Å². The normalized spacial score (nSPS) is 15.3. The quantitative estimate of drug-likeness (QED) is 0.889. The zero-order valence-electron chi connectivity index (χ0n) is 13.0. The summed E-state index contributed by atoms with van der Waals surface area (Å²) in [7, 11) is 0. The summed E-state index contributed by atoms with van der Waals surface area (Å²) in [4.78, 5) is 16.2. The van der Waals surface area contributed by atoms with Gasteiger partial charge in [0.2, 0.25) is 5.91 Å². The first-order chi connectivity index (χ1) is 10.7. The highest BCUT2D eigenvalue weighted by Gasteiger charge is 2.43. The molecule has 1 saturated carbocycles. The van der Waals surface area contributed by atoms with Crippen LogP contribution in [0.1, 0.15) is 36.0 Å². The van der Waals surface area contributed by atoms with Crippen molar-refractivity contribution in [2.24, 2.45) is 0 Å². The second-order valence-electron chi connectivity index (χ2n) is 6.29. The maximum atomic E-state index is 12.2. The molecule has 1 heterocycles. The first-order valence-electron chi connectivity index (χ1n) is 7.91. The molecule has 0 spiro atoms. The summed E-state index contributed by atoms with van der Waals surface area (Å²) in [5, 5.41) is 3.26. The van der Waals surface area contributed by atoms with Crippen molar-refractivity contribution >= 4 is 5.91 Å². The predicted octanol–water partition coefficient (Wildman–Crippen LogP) is 3.21. The van der Waals surface area contributed by atoms with Gasteiger partial charge in [0, 0.05) is 24.4 Å². The van der Waals surface area contributed by atoms with E-state index in [0.717, 1.165) is 31.2 Å². The molecule has 1 aliphatic carbocycles. The van der Waals surface area contributed by atoms with Crippen molar-refractivity contribution in [2.75, 3.05) is 0 Å². The number of aromatic nitrogens is 1. The van der Waals surface area contributed by atoms with E-state index in [1.165, 1.54) is 11.1 Å². The lowest BCUT2D eigenvalue weighted by Crippen LogP contribution is -2.38. The minimum absolute atomic E-state index is 0.00143. The number of hydrogen-bond donors (Lipinski definition) is 1. The first-order valence-corrected chi connectivity index (χ1v) is 7.91. The Kier molecular flexibility index (Phi) is 4.23. The van der Waals surface area contributed by atoms with Gasteiger partial charge in [0.15, 0.2) is 0 Å². The van der Waals surface area contributed by atoms with Gasteiger partial charge in [-0.3, -0.25) is 9.78 Å². The standard InChI is InChI=1S/C19H22N2O/c1-15-4-2-3-5-17(15)14-19(10-11-19)21-18(22)7-6-16-8-12-20-13-9-16/h2-5,8-9,12-13H,6-7,10-11,14H2,1H3,(H,21,22). The lowest BCUT2D eigenvalue weighted by molar-refractivity contribution is -0.122. The number of rotatable bonds is 6. The van der Waals surface area contributed by atoms with Gasteiger partial charge in [-0.15, -0.1) is 0 Å². The SMILES string of the molecule is Cc1ccccc1CC1(NC(=O)CCc2ccncc2)CC1. The molecule has 2 aromatic rings. The Balaban J connectivity index is 1.54. The third-order valence-corrected chi connectivity index (χ3v) is 4.44. The molecule has 1 aromatic heterocycles. The molecule has 1 N–H and O–H groups in total. The van der Waals surface area contributed by atoms with Crippen LogP contribution in [0.25, 0.3) is 0 Å². The molecule has 0 atom stereocenters. The van der Waals surface area contributed by atoms with E-state index in [9.17, 15) is 4.79 Å². The number of nitrogens with zero attached hydrogens (tertiary/aromatic N) is 1. The minimum Gasteiger partial charge on any atom is -0.350 e. The molecule has 3 heteroatoms. The molecule has 0 bridgehead atoms. The summed E-state index contributed by atoms with van der Waals surface area (Å²) in [5.74, 6) is 0.155. The number of hydrogen-bond acceptors (Lipinski definition) is 2. The van der Waals surface area contributed by atoms with E-state index in [4.69, 9.17) is 0 Å². The Labute approximate surface area is 131 Å². The fourth-order valence-electron chi connectivity index (χ4n) is 2.84. The number of carbonyl (C=O) groups excluding carboxylic acids is 1. The summed E-state index contributed by atoms with van der Waals surface area (Å²) in [5.41, 5.74) is 3.81. The summed E-state index contributed by atoms with van der Waals surface area (Å²) in [6.07, 6.45) is 7.97. The van der Waals surface area contributed by atoms with Crippen LogP contribution in [0.15, 0.2) is 48.8 Å². The van der Waals surface area contributed by atoms with Crippen molar-refractivity contribution in [3.63, 3.8) is 0 Å². The van der Waals surface area contributed by atoms with E-state index in [1.54, 1.807) is 12.4 Å². The molecule has 1 fully saturated rings. The van der Waals surface area contributed by atoms with Gasteiger partial charge < -0.3 is 5.32 Å². The monoisotopic (exact) mass is 294 g/mol. The Hall–Kier alpha value is -2.16. The molecule has 3 nitrogen and oxygen atoms in total. The van der Waals surface area contributed by atoms with Crippen LogP contribution in [0.4, 0.5) is 0 Å². The summed E-state index contributed by atoms with van der Waals surface area (Å²) >= 11 is 0. The molecule has 3 rings (SSSR count). The average Bonchev–Trinajstić information content (AvgIpc) is 3.28. The highest BCUT2D eigenvalue weighted by molar-refractivity contribution is 5.77. The van der Waals surface area contributed by atoms with E-state index in [-0.39, 0.29) is 11.4 Å². The number of pyridine rings is 1. The first kappa shape index (κ1) is 14.8. The maximum Gasteiger partial charge on any atom is 0.220 e. The van der Waals surface area contributed by atoms with Gasteiger partial charge in [-0.1, -0.05) is 24.3 Å². The van der Waals surface area contributed by atoms with Crippen LogP contribution in [0.3, 0.4) is 0 Å². The molecule has 1 aromatic carbocycles. The lowest BCUT2D eigenvalue weighted by Gasteiger charge is -2.19. The Bertz CT molecular complexity index is 647. The average molecular weight is 294 g/mol. The molecule has 0 saturated heterocycles. The molecule has 114 valence electrons. The molecule has 1 amide bonds. The van der Waals surface area contributed by atoms with E-state index in [2.05, 4.69) is 41.5 Å². The number of aryl methyl sites for hydroxylation is 2. The number of carbonyl (C=O) groups is 1. The van der Waals surface area contributed by atoms with Gasteiger partial charge in [0.1, 0.15) is 0 Å². The maximum absolute atomic E-state index is 12.2. The van der Waals surface area contributed by atoms with Gasteiger partial charge in [0.25, 0.3) is 0 Å². The van der Waals surface area contributed by atoms with E-state index >= 15 is 0 Å². The van der Waals surface area contributed by atoms with Gasteiger partial charge in [-0.25, -0.2) is 0 Å². The fraction of sp³-hybridized carbons (Fsp3) is 0.368. The van der Waals surface area contributed by atoms with Crippen molar-refractivity contribution in [3.05, 3.63) is 65.5 Å². The van der Waals surface area contributed by atoms with Crippen molar-refractivity contribution in [2.45, 2.75) is 44.6 Å². The smallest absolute Gasteiger partial charge is 0.220 e. The van der Waals surface area contributed by atoms with Gasteiger partial charge >= 0.3 is 0 Å². The third-order valence-electron chi connectivity index (χ3n) is 4.44. The van der Waals surface area contributed by atoms with Gasteiger partial charge in [0.05, 0.1) is 0 Å². The van der Waals surface area contributed by atoms with Crippen LogP contribution in [0.5, 0.6) is 0 Å². The van der Waals surface area contributed by atoms with Crippen molar-refractivity contribution in [3.8, 4) is 0 Å². The molecule has 22 heavy (non-hydrogen) atoms. The molecular formula is C19H22N2O. The molecule has 0 radical (unpaired) electrons. The Morgan fingerprint density at radius 3 is 2.59 bits per heavy atom. The van der Waals surface area contributed by atoms with E-state index in [0.29, 0.717) is 6.42 Å². The largest absolute Gasteiger partial charge is 0.350 e. The number of nitrogens with one attached hydrogen (secondary N) is 1.